The van der Waals surface area contributed by atoms with Crippen LogP contribution in [0.2, 0.25) is 5.02 Å². The highest BCUT2D eigenvalue weighted by atomic mass is 35.5. The van der Waals surface area contributed by atoms with Gasteiger partial charge in [0.05, 0.1) is 5.02 Å². The Labute approximate surface area is 109 Å². The van der Waals surface area contributed by atoms with Gasteiger partial charge in [0, 0.05) is 18.3 Å². The van der Waals surface area contributed by atoms with Crippen LogP contribution in [-0.4, -0.2) is 17.0 Å². The average Bonchev–Trinajstić information content (AvgIpc) is 2.36. The zero-order valence-corrected chi connectivity index (χ0v) is 10.7. The minimum Gasteiger partial charge on any atom is -0.373 e. The summed E-state index contributed by atoms with van der Waals surface area (Å²) in [6.45, 7) is 1.89. The number of nitrogens with zero attached hydrogens (tertiary/aromatic N) is 2. The number of hydrogen-bond acceptors (Lipinski definition) is 4. The van der Waals surface area contributed by atoms with Crippen LogP contribution in [0.1, 0.15) is 5.56 Å². The van der Waals surface area contributed by atoms with Gasteiger partial charge in [0.1, 0.15) is 23.8 Å². The molecule has 0 bridgehead atoms. The van der Waals surface area contributed by atoms with E-state index in [1.165, 1.54) is 18.5 Å². The zero-order valence-electron chi connectivity index (χ0n) is 9.96. The lowest BCUT2D eigenvalue weighted by Crippen LogP contribution is -2.02. The second-order valence-electron chi connectivity index (χ2n) is 3.70. The lowest BCUT2D eigenvalue weighted by atomic mass is 10.2. The Morgan fingerprint density at radius 1 is 1.22 bits per heavy atom. The summed E-state index contributed by atoms with van der Waals surface area (Å²) < 4.78 is 13.0. The van der Waals surface area contributed by atoms with E-state index in [0.717, 1.165) is 11.4 Å². The highest BCUT2D eigenvalue weighted by molar-refractivity contribution is 6.31. The molecule has 6 heteroatoms. The molecule has 1 heterocycles. The summed E-state index contributed by atoms with van der Waals surface area (Å²) >= 11 is 5.72. The fourth-order valence-corrected chi connectivity index (χ4v) is 1.72. The molecule has 2 rings (SSSR count). The van der Waals surface area contributed by atoms with Gasteiger partial charge in [-0.15, -0.1) is 0 Å². The maximum atomic E-state index is 13.0. The van der Waals surface area contributed by atoms with E-state index in [0.29, 0.717) is 11.5 Å². The van der Waals surface area contributed by atoms with Crippen LogP contribution in [-0.2, 0) is 0 Å². The fraction of sp³-hybridized carbons (Fsp3) is 0.167. The molecule has 0 aliphatic rings. The van der Waals surface area contributed by atoms with Crippen LogP contribution in [0, 0.1) is 12.7 Å². The molecule has 1 aromatic carbocycles. The van der Waals surface area contributed by atoms with Crippen LogP contribution in [0.5, 0.6) is 0 Å². The van der Waals surface area contributed by atoms with Gasteiger partial charge in [-0.2, -0.15) is 0 Å². The lowest BCUT2D eigenvalue weighted by molar-refractivity contribution is 0.628. The van der Waals surface area contributed by atoms with Gasteiger partial charge in [0.2, 0.25) is 0 Å². The molecule has 0 saturated carbocycles. The molecule has 4 nitrogen and oxygen atoms in total. The third kappa shape index (κ3) is 2.51. The first kappa shape index (κ1) is 12.6. The standard InChI is InChI=1S/C12H12ClFN4/c1-7-11(15-2)16-6-17-12(7)18-8-3-4-10(14)9(13)5-8/h3-6H,1-2H3,(H2,15,16,17,18). The molecule has 94 valence electrons. The SMILES string of the molecule is CNc1ncnc(Nc2ccc(F)c(Cl)c2)c1C. The average molecular weight is 267 g/mol. The van der Waals surface area contributed by atoms with Crippen LogP contribution in [0.3, 0.4) is 0 Å². The monoisotopic (exact) mass is 266 g/mol. The number of benzene rings is 1. The Bertz CT molecular complexity index is 574. The molecule has 18 heavy (non-hydrogen) atoms. The summed E-state index contributed by atoms with van der Waals surface area (Å²) in [5.41, 5.74) is 1.55. The molecule has 0 unspecified atom stereocenters. The summed E-state index contributed by atoms with van der Waals surface area (Å²) in [4.78, 5) is 8.22. The van der Waals surface area contributed by atoms with Gasteiger partial charge in [0.15, 0.2) is 0 Å². The molecular formula is C12H12ClFN4. The number of aromatic nitrogens is 2. The van der Waals surface area contributed by atoms with Crippen molar-refractivity contribution in [2.45, 2.75) is 6.92 Å². The maximum absolute atomic E-state index is 13.0. The van der Waals surface area contributed by atoms with Crippen molar-refractivity contribution in [3.63, 3.8) is 0 Å². The second-order valence-corrected chi connectivity index (χ2v) is 4.11. The third-order valence-electron chi connectivity index (χ3n) is 2.50. The van der Waals surface area contributed by atoms with E-state index < -0.39 is 5.82 Å². The van der Waals surface area contributed by atoms with Crippen molar-refractivity contribution in [3.8, 4) is 0 Å². The Morgan fingerprint density at radius 2 is 1.94 bits per heavy atom. The lowest BCUT2D eigenvalue weighted by Gasteiger charge is -2.11. The molecular weight excluding hydrogens is 255 g/mol. The molecule has 0 atom stereocenters. The van der Waals surface area contributed by atoms with Crippen molar-refractivity contribution in [1.82, 2.24) is 9.97 Å². The van der Waals surface area contributed by atoms with E-state index in [1.54, 1.807) is 13.1 Å². The van der Waals surface area contributed by atoms with Crippen molar-refractivity contribution in [2.24, 2.45) is 0 Å². The van der Waals surface area contributed by atoms with Crippen molar-refractivity contribution >= 4 is 28.9 Å². The highest BCUT2D eigenvalue weighted by Gasteiger charge is 2.07. The van der Waals surface area contributed by atoms with Gasteiger partial charge < -0.3 is 10.6 Å². The number of halogens is 2. The molecule has 1 aromatic heterocycles. The Morgan fingerprint density at radius 3 is 2.61 bits per heavy atom. The third-order valence-corrected chi connectivity index (χ3v) is 2.79. The van der Waals surface area contributed by atoms with Gasteiger partial charge in [-0.1, -0.05) is 11.6 Å². The molecule has 0 fully saturated rings. The van der Waals surface area contributed by atoms with Crippen molar-refractivity contribution in [1.29, 1.82) is 0 Å². The molecule has 0 aliphatic heterocycles. The van der Waals surface area contributed by atoms with Gasteiger partial charge in [-0.3, -0.25) is 0 Å². The molecule has 0 saturated heterocycles. The summed E-state index contributed by atoms with van der Waals surface area (Å²) in [6, 6.07) is 4.42. The van der Waals surface area contributed by atoms with E-state index in [4.69, 9.17) is 11.6 Å². The van der Waals surface area contributed by atoms with Gasteiger partial charge in [-0.05, 0) is 25.1 Å². The maximum Gasteiger partial charge on any atom is 0.141 e. The smallest absolute Gasteiger partial charge is 0.141 e. The fourth-order valence-electron chi connectivity index (χ4n) is 1.54. The topological polar surface area (TPSA) is 49.8 Å². The van der Waals surface area contributed by atoms with Crippen LogP contribution in [0.4, 0.5) is 21.7 Å². The normalized spacial score (nSPS) is 10.2. The van der Waals surface area contributed by atoms with E-state index in [-0.39, 0.29) is 5.02 Å². The van der Waals surface area contributed by atoms with Crippen molar-refractivity contribution < 1.29 is 4.39 Å². The van der Waals surface area contributed by atoms with Crippen LogP contribution in [0.25, 0.3) is 0 Å². The van der Waals surface area contributed by atoms with Crippen LogP contribution >= 0.6 is 11.6 Å². The van der Waals surface area contributed by atoms with Crippen LogP contribution in [0.15, 0.2) is 24.5 Å². The number of anilines is 3. The highest BCUT2D eigenvalue weighted by Crippen LogP contribution is 2.25. The van der Waals surface area contributed by atoms with E-state index in [1.807, 2.05) is 6.92 Å². The Kier molecular flexibility index (Phi) is 3.62. The second kappa shape index (κ2) is 5.18. The molecule has 0 amide bonds. The summed E-state index contributed by atoms with van der Waals surface area (Å²) in [7, 11) is 1.79. The van der Waals surface area contributed by atoms with Crippen LogP contribution < -0.4 is 10.6 Å². The van der Waals surface area contributed by atoms with Crippen molar-refractivity contribution in [3.05, 3.63) is 40.9 Å². The van der Waals surface area contributed by atoms with Crippen molar-refractivity contribution in [2.75, 3.05) is 17.7 Å². The summed E-state index contributed by atoms with van der Waals surface area (Å²) in [6.07, 6.45) is 1.45. The number of rotatable bonds is 3. The minimum atomic E-state index is -0.447. The molecule has 2 aromatic rings. The quantitative estimate of drug-likeness (QED) is 0.894. The van der Waals surface area contributed by atoms with E-state index in [9.17, 15) is 4.39 Å². The predicted molar refractivity (Wildman–Crippen MR) is 71.0 cm³/mol. The van der Waals surface area contributed by atoms with Gasteiger partial charge in [-0.25, -0.2) is 14.4 Å². The Hall–Kier alpha value is -1.88. The molecule has 0 radical (unpaired) electrons. The summed E-state index contributed by atoms with van der Waals surface area (Å²) in [5.74, 6) is 0.940. The Balaban J connectivity index is 2.31. The zero-order chi connectivity index (χ0) is 13.1. The molecule has 0 aliphatic carbocycles. The first-order chi connectivity index (χ1) is 8.61. The number of nitrogens with one attached hydrogen (secondary N) is 2. The number of hydrogen-bond donors (Lipinski definition) is 2. The van der Waals surface area contributed by atoms with Gasteiger partial charge in [0.25, 0.3) is 0 Å². The summed E-state index contributed by atoms with van der Waals surface area (Å²) in [5, 5.41) is 6.11. The largest absolute Gasteiger partial charge is 0.373 e. The predicted octanol–water partition coefficient (Wildman–Crippen LogP) is 3.36. The van der Waals surface area contributed by atoms with E-state index in [2.05, 4.69) is 20.6 Å². The molecule has 2 N–H and O–H groups in total. The van der Waals surface area contributed by atoms with Gasteiger partial charge >= 0.3 is 0 Å². The minimum absolute atomic E-state index is 0.0700. The first-order valence-corrected chi connectivity index (χ1v) is 5.71. The van der Waals surface area contributed by atoms with E-state index >= 15 is 0 Å². The first-order valence-electron chi connectivity index (χ1n) is 5.33. The molecule has 0 spiro atoms.